The van der Waals surface area contributed by atoms with Gasteiger partial charge >= 0.3 is 5.97 Å². The molecule has 1 aliphatic heterocycles. The molecule has 1 aliphatic rings. The van der Waals surface area contributed by atoms with E-state index in [0.29, 0.717) is 11.7 Å². The number of amides is 1. The van der Waals surface area contributed by atoms with E-state index in [2.05, 4.69) is 15.5 Å². The zero-order chi connectivity index (χ0) is 21.4. The van der Waals surface area contributed by atoms with Gasteiger partial charge in [0.2, 0.25) is 5.91 Å². The van der Waals surface area contributed by atoms with Crippen LogP contribution in [0.5, 0.6) is 0 Å². The third-order valence-electron chi connectivity index (χ3n) is 4.82. The fourth-order valence-corrected chi connectivity index (χ4v) is 3.48. The van der Waals surface area contributed by atoms with Crippen LogP contribution in [0.25, 0.3) is 0 Å². The summed E-state index contributed by atoms with van der Waals surface area (Å²) in [4.78, 5) is 27.2. The van der Waals surface area contributed by atoms with Gasteiger partial charge in [-0.05, 0) is 42.4 Å². The van der Waals surface area contributed by atoms with Gasteiger partial charge < -0.3 is 30.3 Å². The van der Waals surface area contributed by atoms with Gasteiger partial charge in [0.1, 0.15) is 6.04 Å². The molecule has 1 atom stereocenters. The maximum atomic E-state index is 12.3. The molecular weight excluding hydrogens is 392 g/mol. The minimum Gasteiger partial charge on any atom is -0.480 e. The number of nitrogens with zero attached hydrogens (tertiary/aromatic N) is 2. The van der Waals surface area contributed by atoms with E-state index >= 15 is 0 Å². The first-order valence-corrected chi connectivity index (χ1v) is 10.2. The molecule has 2 rings (SSSR count). The second-order valence-corrected chi connectivity index (χ2v) is 7.72. The van der Waals surface area contributed by atoms with E-state index in [9.17, 15) is 14.7 Å². The molecule has 8 nitrogen and oxygen atoms in total. The summed E-state index contributed by atoms with van der Waals surface area (Å²) >= 11 is 5.28. The Kier molecular flexibility index (Phi) is 8.66. The van der Waals surface area contributed by atoms with Gasteiger partial charge in [-0.2, -0.15) is 0 Å². The number of carbonyl (C=O) groups is 2. The van der Waals surface area contributed by atoms with E-state index < -0.39 is 12.0 Å². The Morgan fingerprint density at radius 2 is 1.86 bits per heavy atom. The molecule has 9 heteroatoms. The Hall–Kier alpha value is -2.39. The van der Waals surface area contributed by atoms with Gasteiger partial charge in [-0.15, -0.1) is 0 Å². The van der Waals surface area contributed by atoms with Crippen LogP contribution in [0.2, 0.25) is 0 Å². The van der Waals surface area contributed by atoms with Gasteiger partial charge in [0.05, 0.1) is 13.2 Å². The Bertz CT molecular complexity index is 705. The lowest BCUT2D eigenvalue weighted by Gasteiger charge is -2.29. The Balaban J connectivity index is 1.76. The lowest BCUT2D eigenvalue weighted by atomic mass is 10.0. The average molecular weight is 423 g/mol. The smallest absolute Gasteiger partial charge is 0.326 e. The van der Waals surface area contributed by atoms with Crippen LogP contribution in [0.3, 0.4) is 0 Å². The number of thiocarbonyl (C=S) groups is 1. The topological polar surface area (TPSA) is 94.1 Å². The van der Waals surface area contributed by atoms with Crippen LogP contribution in [0, 0.1) is 5.92 Å². The molecule has 0 spiro atoms. The van der Waals surface area contributed by atoms with Gasteiger partial charge in [0.25, 0.3) is 0 Å². The van der Waals surface area contributed by atoms with Gasteiger partial charge in [0, 0.05) is 44.5 Å². The molecular formula is C20H30N4O4S. The number of likely N-dealkylation sites (N-methyl/N-ethyl adjacent to an activating group) is 1. The largest absolute Gasteiger partial charge is 0.480 e. The summed E-state index contributed by atoms with van der Waals surface area (Å²) in [7, 11) is 1.52. The Morgan fingerprint density at radius 1 is 1.24 bits per heavy atom. The van der Waals surface area contributed by atoms with E-state index in [-0.39, 0.29) is 18.2 Å². The second kappa shape index (κ2) is 11.0. The molecule has 0 saturated carbocycles. The SMILES string of the molecule is CC(C)[C@@H](C(=O)O)N(C)C(=O)CCNC(=S)Nc1ccc(N2CCOCC2)cc1. The second-order valence-electron chi connectivity index (χ2n) is 7.31. The normalized spacial score (nSPS) is 15.0. The fourth-order valence-electron chi connectivity index (χ4n) is 3.26. The van der Waals surface area contributed by atoms with Crippen molar-refractivity contribution in [1.82, 2.24) is 10.2 Å². The van der Waals surface area contributed by atoms with Crippen LogP contribution in [-0.2, 0) is 14.3 Å². The van der Waals surface area contributed by atoms with Crippen LogP contribution in [0.15, 0.2) is 24.3 Å². The van der Waals surface area contributed by atoms with Gasteiger partial charge in [-0.25, -0.2) is 4.79 Å². The number of carboxylic acids is 1. The summed E-state index contributed by atoms with van der Waals surface area (Å²) in [5, 5.41) is 15.8. The average Bonchev–Trinajstić information content (AvgIpc) is 2.68. The third kappa shape index (κ3) is 6.86. The third-order valence-corrected chi connectivity index (χ3v) is 5.07. The highest BCUT2D eigenvalue weighted by Crippen LogP contribution is 2.19. The zero-order valence-corrected chi connectivity index (χ0v) is 18.0. The maximum absolute atomic E-state index is 12.3. The molecule has 1 amide bonds. The van der Waals surface area contributed by atoms with Crippen molar-refractivity contribution in [2.75, 3.05) is 50.1 Å². The van der Waals surface area contributed by atoms with E-state index in [1.165, 1.54) is 11.9 Å². The van der Waals surface area contributed by atoms with E-state index in [1.54, 1.807) is 13.8 Å². The zero-order valence-electron chi connectivity index (χ0n) is 17.2. The highest BCUT2D eigenvalue weighted by atomic mass is 32.1. The number of rotatable bonds is 8. The molecule has 160 valence electrons. The lowest BCUT2D eigenvalue weighted by Crippen LogP contribution is -2.46. The van der Waals surface area contributed by atoms with E-state index in [1.807, 2.05) is 24.3 Å². The molecule has 3 N–H and O–H groups in total. The standard InChI is InChI=1S/C20H30N4O4S/c1-14(2)18(19(26)27)23(3)17(25)8-9-21-20(29)22-15-4-6-16(7-5-15)24-10-12-28-13-11-24/h4-7,14,18H,8-13H2,1-3H3,(H,26,27)(H2,21,22,29)/t18-/m0/s1. The molecule has 1 heterocycles. The van der Waals surface area contributed by atoms with Crippen molar-refractivity contribution >= 4 is 40.6 Å². The number of ether oxygens (including phenoxy) is 1. The molecule has 0 unspecified atom stereocenters. The molecule has 1 saturated heterocycles. The first kappa shape index (κ1) is 22.9. The molecule has 1 fully saturated rings. The van der Waals surface area contributed by atoms with Crippen molar-refractivity contribution in [1.29, 1.82) is 0 Å². The number of hydrogen-bond donors (Lipinski definition) is 3. The van der Waals surface area contributed by atoms with Crippen LogP contribution in [-0.4, -0.2) is 72.9 Å². The van der Waals surface area contributed by atoms with Crippen LogP contribution in [0.1, 0.15) is 20.3 Å². The molecule has 1 aromatic rings. The number of hydrogen-bond acceptors (Lipinski definition) is 5. The number of aliphatic carboxylic acids is 1. The predicted molar refractivity (Wildman–Crippen MR) is 117 cm³/mol. The summed E-state index contributed by atoms with van der Waals surface area (Å²) in [6, 6.07) is 7.15. The van der Waals surface area contributed by atoms with Crippen LogP contribution >= 0.6 is 12.2 Å². The number of anilines is 2. The maximum Gasteiger partial charge on any atom is 0.326 e. The van der Waals surface area contributed by atoms with Crippen molar-refractivity contribution in [2.24, 2.45) is 5.92 Å². The summed E-state index contributed by atoms with van der Waals surface area (Å²) in [6.07, 6.45) is 0.158. The van der Waals surface area contributed by atoms with E-state index in [0.717, 1.165) is 37.7 Å². The molecule has 1 aromatic carbocycles. The van der Waals surface area contributed by atoms with Crippen LogP contribution < -0.4 is 15.5 Å². The summed E-state index contributed by atoms with van der Waals surface area (Å²) in [5.41, 5.74) is 2.00. The number of nitrogens with one attached hydrogen (secondary N) is 2. The van der Waals surface area contributed by atoms with Crippen molar-refractivity contribution in [2.45, 2.75) is 26.3 Å². The monoisotopic (exact) mass is 422 g/mol. The number of carbonyl (C=O) groups excluding carboxylic acids is 1. The van der Waals surface area contributed by atoms with Crippen molar-refractivity contribution in [3.05, 3.63) is 24.3 Å². The summed E-state index contributed by atoms with van der Waals surface area (Å²) in [6.45, 7) is 7.14. The van der Waals surface area contributed by atoms with Gasteiger partial charge in [-0.1, -0.05) is 13.8 Å². The number of morpholine rings is 1. The first-order chi connectivity index (χ1) is 13.8. The minimum atomic E-state index is -0.999. The molecule has 0 aromatic heterocycles. The Morgan fingerprint density at radius 3 is 2.41 bits per heavy atom. The molecule has 0 aliphatic carbocycles. The van der Waals surface area contributed by atoms with Crippen molar-refractivity contribution in [3.8, 4) is 0 Å². The number of benzene rings is 1. The minimum absolute atomic E-state index is 0.158. The van der Waals surface area contributed by atoms with Gasteiger partial charge in [-0.3, -0.25) is 4.79 Å². The predicted octanol–water partition coefficient (Wildman–Crippen LogP) is 1.77. The highest BCUT2D eigenvalue weighted by molar-refractivity contribution is 7.80. The van der Waals surface area contributed by atoms with Crippen molar-refractivity contribution in [3.63, 3.8) is 0 Å². The Labute approximate surface area is 177 Å². The highest BCUT2D eigenvalue weighted by Gasteiger charge is 2.29. The quantitative estimate of drug-likeness (QED) is 0.546. The first-order valence-electron chi connectivity index (χ1n) is 9.75. The summed E-state index contributed by atoms with van der Waals surface area (Å²) in [5.74, 6) is -1.41. The van der Waals surface area contributed by atoms with Gasteiger partial charge in [0.15, 0.2) is 5.11 Å². The fraction of sp³-hybridized carbons (Fsp3) is 0.550. The molecule has 0 bridgehead atoms. The lowest BCUT2D eigenvalue weighted by molar-refractivity contribution is -0.150. The van der Waals surface area contributed by atoms with E-state index in [4.69, 9.17) is 17.0 Å². The molecule has 29 heavy (non-hydrogen) atoms. The van der Waals surface area contributed by atoms with Crippen LogP contribution in [0.4, 0.5) is 11.4 Å². The summed E-state index contributed by atoms with van der Waals surface area (Å²) < 4.78 is 5.37. The van der Waals surface area contributed by atoms with Crippen molar-refractivity contribution < 1.29 is 19.4 Å². The number of carboxylic acid groups (broad SMARTS) is 1. The molecule has 0 radical (unpaired) electrons.